The lowest BCUT2D eigenvalue weighted by Gasteiger charge is -2.08. The molecule has 1 rings (SSSR count). The van der Waals surface area contributed by atoms with Crippen molar-refractivity contribution in [1.82, 2.24) is 14.4 Å². The lowest BCUT2D eigenvalue weighted by atomic mass is 10.4. The van der Waals surface area contributed by atoms with Crippen molar-refractivity contribution in [1.29, 1.82) is 0 Å². The van der Waals surface area contributed by atoms with E-state index >= 15 is 0 Å². The quantitative estimate of drug-likeness (QED) is 0.584. The smallest absolute Gasteiger partial charge is 0.244 e. The number of anilines is 1. The van der Waals surface area contributed by atoms with Crippen molar-refractivity contribution in [2.75, 3.05) is 25.1 Å². The van der Waals surface area contributed by atoms with Crippen LogP contribution in [0.2, 0.25) is 0 Å². The molecule has 1 aromatic rings. The van der Waals surface area contributed by atoms with Gasteiger partial charge >= 0.3 is 0 Å². The van der Waals surface area contributed by atoms with Crippen LogP contribution < -0.4 is 15.2 Å². The van der Waals surface area contributed by atoms with Gasteiger partial charge in [0.2, 0.25) is 20.0 Å². The molecule has 0 radical (unpaired) electrons. The molecule has 0 amide bonds. The van der Waals surface area contributed by atoms with Crippen LogP contribution >= 0.6 is 0 Å². The average molecular weight is 294 g/mol. The molecule has 0 aromatic carbocycles. The minimum Gasteiger partial charge on any atom is -0.398 e. The summed E-state index contributed by atoms with van der Waals surface area (Å²) in [6, 6.07) is 1.35. The normalized spacial score (nSPS) is 12.5. The van der Waals surface area contributed by atoms with Crippen LogP contribution in [0, 0.1) is 0 Å². The highest BCUT2D eigenvalue weighted by Crippen LogP contribution is 2.14. The highest BCUT2D eigenvalue weighted by molar-refractivity contribution is 7.90. The maximum absolute atomic E-state index is 11.8. The first-order valence-electron chi connectivity index (χ1n) is 4.89. The van der Waals surface area contributed by atoms with Gasteiger partial charge in [0, 0.05) is 18.9 Å². The number of pyridine rings is 1. The van der Waals surface area contributed by atoms with Crippen LogP contribution in [0.3, 0.4) is 0 Å². The molecule has 0 saturated heterocycles. The Bertz CT molecular complexity index is 612. The van der Waals surface area contributed by atoms with Crippen molar-refractivity contribution >= 4 is 25.7 Å². The van der Waals surface area contributed by atoms with E-state index in [2.05, 4.69) is 14.4 Å². The summed E-state index contributed by atoms with van der Waals surface area (Å²) in [5.41, 5.74) is 5.55. The first-order valence-corrected chi connectivity index (χ1v) is 8.02. The summed E-state index contributed by atoms with van der Waals surface area (Å²) in [6.07, 6.45) is 2.46. The molecule has 0 aliphatic rings. The number of hydrogen-bond acceptors (Lipinski definition) is 6. The van der Waals surface area contributed by atoms with Gasteiger partial charge in [-0.2, -0.15) is 0 Å². The van der Waals surface area contributed by atoms with E-state index in [0.717, 1.165) is 6.20 Å². The standard InChI is InChI=1S/C8H14N4O4S2/c1-10-17(13,14)5-4-12-18(15,16)8-6-11-3-2-7(8)9/h2-3,6,10,12H,4-5H2,1H3,(H2,9,11). The summed E-state index contributed by atoms with van der Waals surface area (Å²) in [7, 11) is -6.06. The van der Waals surface area contributed by atoms with Crippen LogP contribution in [0.15, 0.2) is 23.4 Å². The Labute approximate surface area is 106 Å². The maximum Gasteiger partial charge on any atom is 0.244 e. The highest BCUT2D eigenvalue weighted by atomic mass is 32.2. The van der Waals surface area contributed by atoms with Crippen molar-refractivity contribution in [3.8, 4) is 0 Å². The van der Waals surface area contributed by atoms with Gasteiger partial charge in [0.15, 0.2) is 0 Å². The molecule has 1 heterocycles. The summed E-state index contributed by atoms with van der Waals surface area (Å²) < 4.78 is 50.0. The number of nitrogens with zero attached hydrogens (tertiary/aromatic N) is 1. The molecule has 0 aliphatic heterocycles. The summed E-state index contributed by atoms with van der Waals surface area (Å²) in [5.74, 6) is -0.358. The lowest BCUT2D eigenvalue weighted by Crippen LogP contribution is -2.33. The number of nitrogen functional groups attached to an aromatic ring is 1. The van der Waals surface area contributed by atoms with Crippen molar-refractivity contribution in [3.05, 3.63) is 18.5 Å². The number of rotatable bonds is 6. The molecule has 0 fully saturated rings. The van der Waals surface area contributed by atoms with E-state index in [1.165, 1.54) is 19.3 Å². The topological polar surface area (TPSA) is 131 Å². The SMILES string of the molecule is CNS(=O)(=O)CCNS(=O)(=O)c1cnccc1N. The zero-order valence-electron chi connectivity index (χ0n) is 9.62. The van der Waals surface area contributed by atoms with Gasteiger partial charge < -0.3 is 5.73 Å². The number of aromatic nitrogens is 1. The zero-order valence-corrected chi connectivity index (χ0v) is 11.3. The molecule has 0 spiro atoms. The summed E-state index contributed by atoms with van der Waals surface area (Å²) in [4.78, 5) is 3.48. The van der Waals surface area contributed by atoms with Gasteiger partial charge in [-0.25, -0.2) is 26.3 Å². The Kier molecular flexibility index (Phi) is 4.62. The van der Waals surface area contributed by atoms with Crippen LogP contribution in [0.1, 0.15) is 0 Å². The van der Waals surface area contributed by atoms with Gasteiger partial charge in [0.05, 0.1) is 11.4 Å². The number of nitrogens with two attached hydrogens (primary N) is 1. The third-order valence-electron chi connectivity index (χ3n) is 2.08. The Balaban J connectivity index is 2.76. The molecule has 1 aromatic heterocycles. The molecule has 10 heteroatoms. The number of sulfonamides is 2. The predicted molar refractivity (Wildman–Crippen MR) is 66.7 cm³/mol. The van der Waals surface area contributed by atoms with Gasteiger partial charge in [0.25, 0.3) is 0 Å². The Hall–Kier alpha value is -1.23. The Morgan fingerprint density at radius 3 is 2.56 bits per heavy atom. The molecular formula is C8H14N4O4S2. The molecule has 4 N–H and O–H groups in total. The number of nitrogens with one attached hydrogen (secondary N) is 2. The third kappa shape index (κ3) is 3.91. The monoisotopic (exact) mass is 294 g/mol. The molecule has 0 atom stereocenters. The molecule has 102 valence electrons. The van der Waals surface area contributed by atoms with Gasteiger partial charge in [-0.1, -0.05) is 0 Å². The fourth-order valence-electron chi connectivity index (χ4n) is 1.11. The molecule has 0 aliphatic carbocycles. The predicted octanol–water partition coefficient (Wildman–Crippen LogP) is -1.51. The average Bonchev–Trinajstić information content (AvgIpc) is 2.29. The lowest BCUT2D eigenvalue weighted by molar-refractivity contribution is 0.578. The van der Waals surface area contributed by atoms with Crippen LogP contribution in [0.4, 0.5) is 5.69 Å². The van der Waals surface area contributed by atoms with Crippen molar-refractivity contribution in [3.63, 3.8) is 0 Å². The Morgan fingerprint density at radius 1 is 1.33 bits per heavy atom. The summed E-state index contributed by atoms with van der Waals surface area (Å²) in [6.45, 7) is -0.250. The first-order chi connectivity index (χ1) is 8.28. The van der Waals surface area contributed by atoms with Gasteiger partial charge in [-0.3, -0.25) is 4.98 Å². The van der Waals surface area contributed by atoms with Crippen LogP contribution in [0.25, 0.3) is 0 Å². The summed E-state index contributed by atoms with van der Waals surface area (Å²) >= 11 is 0. The maximum atomic E-state index is 11.8. The van der Waals surface area contributed by atoms with Crippen LogP contribution in [-0.2, 0) is 20.0 Å². The summed E-state index contributed by atoms with van der Waals surface area (Å²) in [5, 5.41) is 0. The molecular weight excluding hydrogens is 280 g/mol. The Morgan fingerprint density at radius 2 is 2.00 bits per heavy atom. The second-order valence-electron chi connectivity index (χ2n) is 3.33. The van der Waals surface area contributed by atoms with Gasteiger partial charge in [-0.05, 0) is 13.1 Å². The number of hydrogen-bond donors (Lipinski definition) is 3. The van der Waals surface area contributed by atoms with E-state index in [1.54, 1.807) is 0 Å². The highest BCUT2D eigenvalue weighted by Gasteiger charge is 2.18. The third-order valence-corrected chi connectivity index (χ3v) is 4.95. The second kappa shape index (κ2) is 5.61. The fourth-order valence-corrected chi connectivity index (χ4v) is 2.91. The molecule has 0 bridgehead atoms. The van der Waals surface area contributed by atoms with Crippen molar-refractivity contribution < 1.29 is 16.8 Å². The zero-order chi connectivity index (χ0) is 13.8. The van der Waals surface area contributed by atoms with Gasteiger partial charge in [-0.15, -0.1) is 0 Å². The van der Waals surface area contributed by atoms with Gasteiger partial charge in [0.1, 0.15) is 4.90 Å². The minimum absolute atomic E-state index is 0.0500. The van der Waals surface area contributed by atoms with E-state index in [0.29, 0.717) is 0 Å². The van der Waals surface area contributed by atoms with E-state index in [1.807, 2.05) is 0 Å². The van der Waals surface area contributed by atoms with Crippen molar-refractivity contribution in [2.45, 2.75) is 4.90 Å². The van der Waals surface area contributed by atoms with E-state index in [4.69, 9.17) is 5.73 Å². The molecule has 18 heavy (non-hydrogen) atoms. The largest absolute Gasteiger partial charge is 0.398 e. The van der Waals surface area contributed by atoms with Crippen LogP contribution in [0.5, 0.6) is 0 Å². The van der Waals surface area contributed by atoms with E-state index in [-0.39, 0.29) is 22.9 Å². The second-order valence-corrected chi connectivity index (χ2v) is 7.12. The van der Waals surface area contributed by atoms with Crippen molar-refractivity contribution in [2.24, 2.45) is 0 Å². The fraction of sp³-hybridized carbons (Fsp3) is 0.375. The molecule has 0 unspecified atom stereocenters. The first kappa shape index (κ1) is 14.8. The molecule has 0 saturated carbocycles. The van der Waals surface area contributed by atoms with Crippen LogP contribution in [-0.4, -0.2) is 41.2 Å². The molecule has 8 nitrogen and oxygen atoms in total. The van der Waals surface area contributed by atoms with E-state index in [9.17, 15) is 16.8 Å². The minimum atomic E-state index is -3.85. The van der Waals surface area contributed by atoms with E-state index < -0.39 is 20.0 Å².